The first kappa shape index (κ1) is 5.17. The van der Waals surface area contributed by atoms with Gasteiger partial charge in [0.25, 0.3) is 0 Å². The second-order valence-electron chi connectivity index (χ2n) is 3.92. The van der Waals surface area contributed by atoms with E-state index in [0.29, 0.717) is 0 Å². The summed E-state index contributed by atoms with van der Waals surface area (Å²) in [5.41, 5.74) is 1.52. The van der Waals surface area contributed by atoms with Crippen LogP contribution in [-0.4, -0.2) is 0 Å². The maximum absolute atomic E-state index is 4.16. The monoisotopic (exact) mass is 132 g/mol. The van der Waals surface area contributed by atoms with Gasteiger partial charge in [0.1, 0.15) is 0 Å². The number of hydrogen-bond donors (Lipinski definition) is 0. The van der Waals surface area contributed by atoms with Crippen LogP contribution in [0.2, 0.25) is 0 Å². The Morgan fingerprint density at radius 1 is 1.10 bits per heavy atom. The van der Waals surface area contributed by atoms with Gasteiger partial charge in [0.15, 0.2) is 0 Å². The summed E-state index contributed by atoms with van der Waals surface area (Å²) in [7, 11) is 0. The highest BCUT2D eigenvalue weighted by atomic mass is 14.6. The molecule has 0 aliphatic heterocycles. The van der Waals surface area contributed by atoms with Crippen molar-refractivity contribution in [3.05, 3.63) is 24.3 Å². The molecule has 4 unspecified atom stereocenters. The van der Waals surface area contributed by atoms with Crippen molar-refractivity contribution in [2.45, 2.75) is 12.8 Å². The minimum Gasteiger partial charge on any atom is -0.0986 e. The minimum absolute atomic E-state index is 0.795. The summed E-state index contributed by atoms with van der Waals surface area (Å²) < 4.78 is 0. The van der Waals surface area contributed by atoms with Crippen molar-refractivity contribution in [1.29, 1.82) is 0 Å². The summed E-state index contributed by atoms with van der Waals surface area (Å²) in [4.78, 5) is 0. The zero-order valence-electron chi connectivity index (χ0n) is 6.09. The summed E-state index contributed by atoms with van der Waals surface area (Å²) in [5.74, 6) is 3.62. The predicted octanol–water partition coefficient (Wildman–Crippen LogP) is 2.38. The fourth-order valence-electron chi connectivity index (χ4n) is 2.99. The Balaban J connectivity index is 2.10. The van der Waals surface area contributed by atoms with Gasteiger partial charge >= 0.3 is 0 Å². The molecule has 0 saturated heterocycles. The molecular weight excluding hydrogens is 120 g/mol. The highest BCUT2D eigenvalue weighted by molar-refractivity contribution is 5.35. The largest absolute Gasteiger partial charge is 0.0986 e. The standard InChI is InChI=1S/C10H12/c1-6-7-2-3-8(6)10-5-4-9(7)10/h2-3,7-10H,1,4-5H2. The lowest BCUT2D eigenvalue weighted by molar-refractivity contribution is 0.162. The van der Waals surface area contributed by atoms with Crippen molar-refractivity contribution in [3.8, 4) is 0 Å². The van der Waals surface area contributed by atoms with E-state index in [1.54, 1.807) is 0 Å². The second-order valence-corrected chi connectivity index (χ2v) is 3.92. The van der Waals surface area contributed by atoms with Crippen LogP contribution in [0.3, 0.4) is 0 Å². The Labute approximate surface area is 61.6 Å². The van der Waals surface area contributed by atoms with Gasteiger partial charge in [0.05, 0.1) is 0 Å². The molecule has 3 aliphatic rings. The molecule has 2 fully saturated rings. The van der Waals surface area contributed by atoms with Gasteiger partial charge in [0.2, 0.25) is 0 Å². The molecule has 3 aliphatic carbocycles. The van der Waals surface area contributed by atoms with Crippen LogP contribution in [0.4, 0.5) is 0 Å². The lowest BCUT2D eigenvalue weighted by Crippen LogP contribution is -2.28. The lowest BCUT2D eigenvalue weighted by atomic mass is 9.68. The summed E-state index contributed by atoms with van der Waals surface area (Å²) in [6.07, 6.45) is 7.70. The first-order chi connectivity index (χ1) is 4.88. The van der Waals surface area contributed by atoms with E-state index < -0.39 is 0 Å². The van der Waals surface area contributed by atoms with E-state index in [0.717, 1.165) is 23.7 Å². The van der Waals surface area contributed by atoms with Crippen molar-refractivity contribution < 1.29 is 0 Å². The molecule has 0 spiro atoms. The minimum atomic E-state index is 0.795. The van der Waals surface area contributed by atoms with Gasteiger partial charge in [-0.1, -0.05) is 24.3 Å². The number of hydrogen-bond acceptors (Lipinski definition) is 0. The quantitative estimate of drug-likeness (QED) is 0.444. The highest BCUT2D eigenvalue weighted by Crippen LogP contribution is 2.60. The summed E-state index contributed by atoms with van der Waals surface area (Å²) >= 11 is 0. The van der Waals surface area contributed by atoms with Gasteiger partial charge in [-0.25, -0.2) is 0 Å². The van der Waals surface area contributed by atoms with Crippen LogP contribution in [0.5, 0.6) is 0 Å². The summed E-state index contributed by atoms with van der Waals surface area (Å²) in [6.45, 7) is 4.16. The molecule has 0 heterocycles. The fourth-order valence-corrected chi connectivity index (χ4v) is 2.99. The van der Waals surface area contributed by atoms with Gasteiger partial charge in [-0.05, 0) is 24.7 Å². The zero-order valence-corrected chi connectivity index (χ0v) is 6.09. The van der Waals surface area contributed by atoms with E-state index in [1.807, 2.05) is 0 Å². The van der Waals surface area contributed by atoms with Crippen LogP contribution < -0.4 is 0 Å². The Bertz CT molecular complexity index is 202. The summed E-state index contributed by atoms with van der Waals surface area (Å²) in [5, 5.41) is 0. The van der Waals surface area contributed by atoms with Gasteiger partial charge in [-0.15, -0.1) is 0 Å². The zero-order chi connectivity index (χ0) is 6.72. The summed E-state index contributed by atoms with van der Waals surface area (Å²) in [6, 6.07) is 0. The molecule has 0 heteroatoms. The van der Waals surface area contributed by atoms with Crippen molar-refractivity contribution in [2.24, 2.45) is 23.7 Å². The third kappa shape index (κ3) is 0.361. The second kappa shape index (κ2) is 1.39. The number of rotatable bonds is 0. The number of allylic oxidation sites excluding steroid dienone is 3. The molecule has 0 aromatic carbocycles. The van der Waals surface area contributed by atoms with Gasteiger partial charge in [-0.2, -0.15) is 0 Å². The third-order valence-electron chi connectivity index (χ3n) is 3.69. The average molecular weight is 132 g/mol. The molecule has 2 bridgehead atoms. The van der Waals surface area contributed by atoms with Gasteiger partial charge in [-0.3, -0.25) is 0 Å². The molecule has 0 aromatic heterocycles. The van der Waals surface area contributed by atoms with Gasteiger partial charge in [0, 0.05) is 11.8 Å². The van der Waals surface area contributed by atoms with Gasteiger partial charge < -0.3 is 0 Å². The molecule has 0 aromatic rings. The van der Waals surface area contributed by atoms with Crippen LogP contribution in [-0.2, 0) is 0 Å². The fraction of sp³-hybridized carbons (Fsp3) is 0.600. The molecule has 10 heavy (non-hydrogen) atoms. The number of fused-ring (bicyclic) bond motifs is 5. The van der Waals surface area contributed by atoms with E-state index >= 15 is 0 Å². The van der Waals surface area contributed by atoms with E-state index in [9.17, 15) is 0 Å². The van der Waals surface area contributed by atoms with E-state index in [1.165, 1.54) is 18.4 Å². The van der Waals surface area contributed by atoms with Crippen LogP contribution >= 0.6 is 0 Å². The maximum atomic E-state index is 4.16. The Morgan fingerprint density at radius 3 is 1.90 bits per heavy atom. The van der Waals surface area contributed by atoms with Crippen LogP contribution in [0.15, 0.2) is 24.3 Å². The normalized spacial score (nSPS) is 55.0. The lowest BCUT2D eigenvalue weighted by Gasteiger charge is -2.36. The van der Waals surface area contributed by atoms with Crippen LogP contribution in [0.1, 0.15) is 12.8 Å². The van der Waals surface area contributed by atoms with Crippen LogP contribution in [0, 0.1) is 23.7 Å². The SMILES string of the molecule is C=C1C2C=CC1C1CCC21. The smallest absolute Gasteiger partial charge is 0.00115 e. The molecular formula is C10H12. The molecule has 0 radical (unpaired) electrons. The third-order valence-corrected chi connectivity index (χ3v) is 3.69. The Kier molecular flexibility index (Phi) is 0.719. The molecule has 2 saturated carbocycles. The highest BCUT2D eigenvalue weighted by Gasteiger charge is 2.51. The average Bonchev–Trinajstić information content (AvgIpc) is 2.21. The predicted molar refractivity (Wildman–Crippen MR) is 41.5 cm³/mol. The maximum Gasteiger partial charge on any atom is 0.00115 e. The first-order valence-corrected chi connectivity index (χ1v) is 4.25. The Hall–Kier alpha value is -0.520. The van der Waals surface area contributed by atoms with E-state index in [2.05, 4.69) is 18.7 Å². The topological polar surface area (TPSA) is 0 Å². The molecule has 0 amide bonds. The molecule has 3 rings (SSSR count). The Morgan fingerprint density at radius 2 is 1.60 bits per heavy atom. The van der Waals surface area contributed by atoms with Crippen molar-refractivity contribution >= 4 is 0 Å². The van der Waals surface area contributed by atoms with Crippen molar-refractivity contribution in [3.63, 3.8) is 0 Å². The van der Waals surface area contributed by atoms with E-state index in [-0.39, 0.29) is 0 Å². The molecule has 0 N–H and O–H groups in total. The molecule has 52 valence electrons. The first-order valence-electron chi connectivity index (χ1n) is 4.25. The van der Waals surface area contributed by atoms with Crippen molar-refractivity contribution in [1.82, 2.24) is 0 Å². The molecule has 4 atom stereocenters. The van der Waals surface area contributed by atoms with Crippen LogP contribution in [0.25, 0.3) is 0 Å². The van der Waals surface area contributed by atoms with Crippen molar-refractivity contribution in [2.75, 3.05) is 0 Å². The van der Waals surface area contributed by atoms with E-state index in [4.69, 9.17) is 0 Å². The molecule has 0 nitrogen and oxygen atoms in total.